The highest BCUT2D eigenvalue weighted by molar-refractivity contribution is 5.29. The molecule has 1 aliphatic heterocycles. The summed E-state index contributed by atoms with van der Waals surface area (Å²) in [6.45, 7) is 4.18. The minimum absolute atomic E-state index is 0.143. The Morgan fingerprint density at radius 3 is 2.92 bits per heavy atom. The first-order valence-corrected chi connectivity index (χ1v) is 4.09. The van der Waals surface area contributed by atoms with Crippen LogP contribution >= 0.6 is 0 Å². The highest BCUT2D eigenvalue weighted by atomic mass is 16.4. The summed E-state index contributed by atoms with van der Waals surface area (Å²) in [5.41, 5.74) is 5.31. The van der Waals surface area contributed by atoms with Crippen molar-refractivity contribution in [3.8, 4) is 0 Å². The summed E-state index contributed by atoms with van der Waals surface area (Å²) >= 11 is 0. The van der Waals surface area contributed by atoms with Crippen LogP contribution in [0.1, 0.15) is 13.3 Å². The SMILES string of the molecule is CC1CCN(c2nnc(N)o2)C1. The zero-order valence-electron chi connectivity index (χ0n) is 7.03. The number of aromatic nitrogens is 2. The van der Waals surface area contributed by atoms with Crippen molar-refractivity contribution in [2.75, 3.05) is 23.7 Å². The fourth-order valence-corrected chi connectivity index (χ4v) is 1.46. The second-order valence-electron chi connectivity index (χ2n) is 3.26. The van der Waals surface area contributed by atoms with Crippen LogP contribution in [0.5, 0.6) is 0 Å². The van der Waals surface area contributed by atoms with Gasteiger partial charge in [0.1, 0.15) is 0 Å². The third kappa shape index (κ3) is 1.22. The van der Waals surface area contributed by atoms with Crippen LogP contribution in [0.3, 0.4) is 0 Å². The normalized spacial score (nSPS) is 23.4. The largest absolute Gasteiger partial charge is 0.390 e. The van der Waals surface area contributed by atoms with Gasteiger partial charge in [-0.1, -0.05) is 17.1 Å². The number of hydrogen-bond donors (Lipinski definition) is 1. The van der Waals surface area contributed by atoms with Crippen LogP contribution in [-0.4, -0.2) is 23.3 Å². The first kappa shape index (κ1) is 7.39. The summed E-state index contributed by atoms with van der Waals surface area (Å²) in [4.78, 5) is 2.06. The van der Waals surface area contributed by atoms with Crippen LogP contribution in [0, 0.1) is 5.92 Å². The van der Waals surface area contributed by atoms with Crippen LogP contribution in [0.4, 0.5) is 12.0 Å². The van der Waals surface area contributed by atoms with E-state index in [1.807, 2.05) is 0 Å². The second kappa shape index (κ2) is 2.66. The lowest BCUT2D eigenvalue weighted by Gasteiger charge is -2.10. The molecule has 0 radical (unpaired) electrons. The zero-order valence-corrected chi connectivity index (χ0v) is 7.03. The Labute approximate surface area is 70.6 Å². The fourth-order valence-electron chi connectivity index (χ4n) is 1.46. The van der Waals surface area contributed by atoms with Crippen molar-refractivity contribution in [3.05, 3.63) is 0 Å². The molecule has 0 aliphatic carbocycles. The van der Waals surface area contributed by atoms with Crippen molar-refractivity contribution in [1.29, 1.82) is 0 Å². The second-order valence-corrected chi connectivity index (χ2v) is 3.26. The molecule has 12 heavy (non-hydrogen) atoms. The van der Waals surface area contributed by atoms with E-state index in [1.54, 1.807) is 0 Å². The lowest BCUT2D eigenvalue weighted by molar-refractivity contribution is 0.557. The summed E-state index contributed by atoms with van der Waals surface area (Å²) in [5.74, 6) is 0.707. The Hall–Kier alpha value is -1.26. The van der Waals surface area contributed by atoms with Gasteiger partial charge in [0.05, 0.1) is 0 Å². The average molecular weight is 168 g/mol. The van der Waals surface area contributed by atoms with Gasteiger partial charge in [-0.2, -0.15) is 0 Å². The van der Waals surface area contributed by atoms with Gasteiger partial charge in [0.25, 0.3) is 0 Å². The van der Waals surface area contributed by atoms with E-state index >= 15 is 0 Å². The van der Waals surface area contributed by atoms with E-state index in [2.05, 4.69) is 22.0 Å². The van der Waals surface area contributed by atoms with Gasteiger partial charge in [-0.3, -0.25) is 0 Å². The van der Waals surface area contributed by atoms with Crippen molar-refractivity contribution in [1.82, 2.24) is 10.2 Å². The van der Waals surface area contributed by atoms with E-state index in [0.717, 1.165) is 13.1 Å². The molecule has 0 aromatic carbocycles. The molecule has 66 valence electrons. The van der Waals surface area contributed by atoms with E-state index < -0.39 is 0 Å². The number of hydrogen-bond acceptors (Lipinski definition) is 5. The summed E-state index contributed by atoms with van der Waals surface area (Å²) in [5, 5.41) is 7.42. The monoisotopic (exact) mass is 168 g/mol. The molecule has 5 nitrogen and oxygen atoms in total. The molecular weight excluding hydrogens is 156 g/mol. The molecule has 1 fully saturated rings. The highest BCUT2D eigenvalue weighted by Gasteiger charge is 2.22. The van der Waals surface area contributed by atoms with Gasteiger partial charge in [0, 0.05) is 13.1 Å². The predicted molar refractivity (Wildman–Crippen MR) is 44.7 cm³/mol. The van der Waals surface area contributed by atoms with E-state index in [9.17, 15) is 0 Å². The number of anilines is 2. The van der Waals surface area contributed by atoms with Gasteiger partial charge < -0.3 is 15.1 Å². The van der Waals surface area contributed by atoms with Crippen molar-refractivity contribution < 1.29 is 4.42 Å². The summed E-state index contributed by atoms with van der Waals surface area (Å²) in [7, 11) is 0. The molecular formula is C7H12N4O. The summed E-state index contributed by atoms with van der Waals surface area (Å²) in [6.07, 6.45) is 1.18. The molecule has 5 heteroatoms. The average Bonchev–Trinajstić information content (AvgIpc) is 2.58. The highest BCUT2D eigenvalue weighted by Crippen LogP contribution is 2.22. The molecule has 2 N–H and O–H groups in total. The van der Waals surface area contributed by atoms with E-state index in [0.29, 0.717) is 11.9 Å². The minimum Gasteiger partial charge on any atom is -0.390 e. The third-order valence-electron chi connectivity index (χ3n) is 2.12. The Kier molecular flexibility index (Phi) is 1.64. The number of rotatable bonds is 1. The Morgan fingerprint density at radius 2 is 2.42 bits per heavy atom. The molecule has 1 aromatic rings. The molecule has 2 rings (SSSR count). The van der Waals surface area contributed by atoms with Crippen molar-refractivity contribution in [2.45, 2.75) is 13.3 Å². The maximum absolute atomic E-state index is 5.31. The molecule has 0 spiro atoms. The predicted octanol–water partition coefficient (Wildman–Crippen LogP) is 0.498. The number of nitrogens with zero attached hydrogens (tertiary/aromatic N) is 3. The molecule has 0 amide bonds. The quantitative estimate of drug-likeness (QED) is 0.661. The molecule has 1 unspecified atom stereocenters. The van der Waals surface area contributed by atoms with Gasteiger partial charge >= 0.3 is 12.0 Å². The van der Waals surface area contributed by atoms with Crippen molar-refractivity contribution in [2.24, 2.45) is 5.92 Å². The molecule has 1 aromatic heterocycles. The third-order valence-corrected chi connectivity index (χ3v) is 2.12. The van der Waals surface area contributed by atoms with Gasteiger partial charge in [-0.25, -0.2) is 0 Å². The Morgan fingerprint density at radius 1 is 1.58 bits per heavy atom. The van der Waals surface area contributed by atoms with Crippen LogP contribution in [-0.2, 0) is 0 Å². The lowest BCUT2D eigenvalue weighted by atomic mass is 10.2. The summed E-state index contributed by atoms with van der Waals surface area (Å²) in [6, 6.07) is 0.696. The molecule has 1 saturated heterocycles. The van der Waals surface area contributed by atoms with Crippen LogP contribution in [0.2, 0.25) is 0 Å². The molecule has 1 atom stereocenters. The van der Waals surface area contributed by atoms with Crippen LogP contribution in [0.15, 0.2) is 4.42 Å². The molecule has 0 saturated carbocycles. The molecule has 1 aliphatic rings. The maximum atomic E-state index is 5.31. The van der Waals surface area contributed by atoms with Crippen LogP contribution in [0.25, 0.3) is 0 Å². The van der Waals surface area contributed by atoms with Crippen LogP contribution < -0.4 is 10.6 Å². The minimum atomic E-state index is 0.143. The standard InChI is InChI=1S/C7H12N4O/c1-5-2-3-11(4-5)7-10-9-6(8)12-7/h5H,2-4H2,1H3,(H2,8,9). The lowest BCUT2D eigenvalue weighted by Crippen LogP contribution is -2.19. The number of nitrogen functional groups attached to an aromatic ring is 1. The Bertz CT molecular complexity index is 272. The van der Waals surface area contributed by atoms with Gasteiger partial charge in [0.2, 0.25) is 0 Å². The van der Waals surface area contributed by atoms with E-state index in [1.165, 1.54) is 6.42 Å². The topological polar surface area (TPSA) is 68.2 Å². The van der Waals surface area contributed by atoms with E-state index in [4.69, 9.17) is 10.2 Å². The first-order valence-electron chi connectivity index (χ1n) is 4.09. The smallest absolute Gasteiger partial charge is 0.319 e. The fraction of sp³-hybridized carbons (Fsp3) is 0.714. The van der Waals surface area contributed by atoms with E-state index in [-0.39, 0.29) is 6.01 Å². The van der Waals surface area contributed by atoms with Crippen molar-refractivity contribution >= 4 is 12.0 Å². The first-order chi connectivity index (χ1) is 5.75. The van der Waals surface area contributed by atoms with Gasteiger partial charge in [-0.05, 0) is 12.3 Å². The van der Waals surface area contributed by atoms with Crippen molar-refractivity contribution in [3.63, 3.8) is 0 Å². The van der Waals surface area contributed by atoms with Gasteiger partial charge in [-0.15, -0.1) is 0 Å². The summed E-state index contributed by atoms with van der Waals surface area (Å²) < 4.78 is 5.10. The maximum Gasteiger partial charge on any atom is 0.319 e. The molecule has 2 heterocycles. The molecule has 0 bridgehead atoms. The zero-order chi connectivity index (χ0) is 8.55. The number of nitrogens with two attached hydrogens (primary N) is 1. The van der Waals surface area contributed by atoms with Gasteiger partial charge in [0.15, 0.2) is 0 Å². The Balaban J connectivity index is 2.11.